The molecule has 0 spiro atoms. The van der Waals surface area contributed by atoms with Crippen molar-refractivity contribution in [3.8, 4) is 0 Å². The lowest BCUT2D eigenvalue weighted by atomic mass is 9.86. The summed E-state index contributed by atoms with van der Waals surface area (Å²) in [6, 6.07) is 0. The van der Waals surface area contributed by atoms with E-state index in [1.54, 1.807) is 0 Å². The summed E-state index contributed by atoms with van der Waals surface area (Å²) in [4.78, 5) is 12.0. The molecule has 10 heteroatoms. The Morgan fingerprint density at radius 3 is 2.07 bits per heavy atom. The number of alkyl halides is 6. The minimum atomic E-state index is -5.75. The van der Waals surface area contributed by atoms with Crippen molar-refractivity contribution in [2.24, 2.45) is 5.92 Å². The Morgan fingerprint density at radius 2 is 1.56 bits per heavy atom. The van der Waals surface area contributed by atoms with Crippen molar-refractivity contribution in [1.82, 2.24) is 10.6 Å². The van der Waals surface area contributed by atoms with Crippen LogP contribution in [0.3, 0.4) is 0 Å². The zero-order valence-corrected chi connectivity index (χ0v) is 15.0. The van der Waals surface area contributed by atoms with Crippen LogP contribution in [-0.4, -0.2) is 43.2 Å². The predicted molar refractivity (Wildman–Crippen MR) is 85.8 cm³/mol. The number of hydrogen-bond donors (Lipinski definition) is 2. The molecule has 1 aliphatic heterocycles. The third kappa shape index (κ3) is 5.73. The van der Waals surface area contributed by atoms with E-state index in [4.69, 9.17) is 4.74 Å². The van der Waals surface area contributed by atoms with E-state index >= 15 is 0 Å². The highest BCUT2D eigenvalue weighted by molar-refractivity contribution is 5.77. The first-order valence-electron chi connectivity index (χ1n) is 9.36. The summed E-state index contributed by atoms with van der Waals surface area (Å²) in [6.45, 7) is -0.354. The van der Waals surface area contributed by atoms with Crippen LogP contribution in [0.5, 0.6) is 0 Å². The molecule has 0 aromatic rings. The van der Waals surface area contributed by atoms with E-state index < -0.39 is 36.6 Å². The molecule has 0 unspecified atom stereocenters. The first-order chi connectivity index (χ1) is 12.6. The summed E-state index contributed by atoms with van der Waals surface area (Å²) >= 11 is 0. The lowest BCUT2D eigenvalue weighted by Gasteiger charge is -2.39. The fourth-order valence-corrected chi connectivity index (χ4v) is 3.70. The van der Waals surface area contributed by atoms with Crippen molar-refractivity contribution >= 4 is 5.91 Å². The molecule has 2 fully saturated rings. The van der Waals surface area contributed by atoms with Crippen molar-refractivity contribution in [3.05, 3.63) is 0 Å². The van der Waals surface area contributed by atoms with Gasteiger partial charge in [0.1, 0.15) is 0 Å². The van der Waals surface area contributed by atoms with Crippen LogP contribution < -0.4 is 10.6 Å². The molecule has 0 bridgehead atoms. The summed E-state index contributed by atoms with van der Waals surface area (Å²) < 4.78 is 85.9. The second-order valence-electron chi connectivity index (χ2n) is 7.35. The zero-order valence-electron chi connectivity index (χ0n) is 15.0. The van der Waals surface area contributed by atoms with E-state index in [1.807, 2.05) is 0 Å². The molecule has 1 saturated heterocycles. The van der Waals surface area contributed by atoms with Crippen LogP contribution in [0.2, 0.25) is 0 Å². The number of carbonyl (C=O) groups is 1. The van der Waals surface area contributed by atoms with Crippen molar-refractivity contribution < 1.29 is 35.9 Å². The quantitative estimate of drug-likeness (QED) is 0.497. The third-order valence-electron chi connectivity index (χ3n) is 5.30. The molecule has 2 N–H and O–H groups in total. The van der Waals surface area contributed by atoms with Crippen molar-refractivity contribution in [1.29, 1.82) is 0 Å². The third-order valence-corrected chi connectivity index (χ3v) is 5.30. The zero-order chi connectivity index (χ0) is 20.1. The van der Waals surface area contributed by atoms with Gasteiger partial charge in [0.15, 0.2) is 0 Å². The molecule has 2 rings (SSSR count). The molecule has 1 aliphatic carbocycles. The highest BCUT2D eigenvalue weighted by Crippen LogP contribution is 2.41. The molecular weight excluding hydrogens is 378 g/mol. The van der Waals surface area contributed by atoms with E-state index in [1.165, 1.54) is 10.6 Å². The lowest BCUT2D eigenvalue weighted by Crippen LogP contribution is -2.76. The molecule has 158 valence electrons. The molecule has 1 atom stereocenters. The van der Waals surface area contributed by atoms with Crippen molar-refractivity contribution in [2.75, 3.05) is 13.2 Å². The van der Waals surface area contributed by atoms with E-state index in [9.17, 15) is 31.1 Å². The van der Waals surface area contributed by atoms with Gasteiger partial charge in [0.05, 0.1) is 6.10 Å². The summed E-state index contributed by atoms with van der Waals surface area (Å²) in [7, 11) is 0. The van der Waals surface area contributed by atoms with Gasteiger partial charge in [-0.1, -0.05) is 32.1 Å². The van der Waals surface area contributed by atoms with Crippen molar-refractivity contribution in [3.63, 3.8) is 0 Å². The van der Waals surface area contributed by atoms with Crippen LogP contribution >= 0.6 is 0 Å². The lowest BCUT2D eigenvalue weighted by molar-refractivity contribution is -0.316. The standard InChI is InChI=1S/C17H26F6N2O2/c18-16(19,20)15(17(21,22)23,24-11-13-7-4-10-27-13)25-14(26)9-8-12-5-2-1-3-6-12/h12-13,24H,1-11H2,(H,25,26)/t13-/m0/s1. The van der Waals surface area contributed by atoms with Crippen LogP contribution in [-0.2, 0) is 9.53 Å². The van der Waals surface area contributed by atoms with Gasteiger partial charge in [-0.2, -0.15) is 26.3 Å². The van der Waals surface area contributed by atoms with Gasteiger partial charge in [-0.25, -0.2) is 0 Å². The molecule has 27 heavy (non-hydrogen) atoms. The SMILES string of the molecule is O=C(CCC1CCCCC1)NC(NC[C@@H]1CCCO1)(C(F)(F)F)C(F)(F)F. The highest BCUT2D eigenvalue weighted by atomic mass is 19.4. The summed E-state index contributed by atoms with van der Waals surface area (Å²) in [5.74, 6) is -1.08. The number of amides is 1. The Labute approximate surface area is 154 Å². The smallest absolute Gasteiger partial charge is 0.377 e. The second kappa shape index (κ2) is 8.98. The van der Waals surface area contributed by atoms with Gasteiger partial charge >= 0.3 is 12.4 Å². The highest BCUT2D eigenvalue weighted by Gasteiger charge is 2.72. The van der Waals surface area contributed by atoms with Gasteiger partial charge in [0.2, 0.25) is 5.91 Å². The molecule has 1 amide bonds. The minimum absolute atomic E-state index is 0.176. The molecule has 1 saturated carbocycles. The Hall–Kier alpha value is -1.03. The Bertz CT molecular complexity index is 469. The van der Waals surface area contributed by atoms with Gasteiger partial charge in [-0.15, -0.1) is 0 Å². The molecule has 1 heterocycles. The first kappa shape index (κ1) is 22.3. The fraction of sp³-hybridized carbons (Fsp3) is 0.941. The second-order valence-corrected chi connectivity index (χ2v) is 7.35. The topological polar surface area (TPSA) is 50.4 Å². The van der Waals surface area contributed by atoms with Crippen LogP contribution in [0, 0.1) is 5.92 Å². The van der Waals surface area contributed by atoms with Gasteiger partial charge < -0.3 is 10.1 Å². The Kier molecular flexibility index (Phi) is 7.40. The van der Waals surface area contributed by atoms with Crippen LogP contribution in [0.4, 0.5) is 26.3 Å². The van der Waals surface area contributed by atoms with E-state index in [2.05, 4.69) is 0 Å². The molecule has 0 aromatic heterocycles. The molecular formula is C17H26F6N2O2. The summed E-state index contributed by atoms with van der Waals surface area (Å²) in [5.41, 5.74) is -4.48. The molecule has 0 aromatic carbocycles. The average Bonchev–Trinajstić information content (AvgIpc) is 3.09. The van der Waals surface area contributed by atoms with Gasteiger partial charge in [0, 0.05) is 19.6 Å². The maximum atomic E-state index is 13.5. The molecule has 0 radical (unpaired) electrons. The van der Waals surface area contributed by atoms with Gasteiger partial charge in [-0.3, -0.25) is 10.1 Å². The Morgan fingerprint density at radius 1 is 0.926 bits per heavy atom. The van der Waals surface area contributed by atoms with Crippen LogP contribution in [0.1, 0.15) is 57.8 Å². The maximum absolute atomic E-state index is 13.5. The largest absolute Gasteiger partial charge is 0.434 e. The first-order valence-corrected chi connectivity index (χ1v) is 9.36. The Balaban J connectivity index is 2.05. The monoisotopic (exact) mass is 404 g/mol. The fourth-order valence-electron chi connectivity index (χ4n) is 3.70. The van der Waals surface area contributed by atoms with E-state index in [0.29, 0.717) is 25.9 Å². The predicted octanol–water partition coefficient (Wildman–Crippen LogP) is 4.05. The number of rotatable bonds is 7. The number of ether oxygens (including phenoxy) is 1. The van der Waals surface area contributed by atoms with E-state index in [0.717, 1.165) is 32.1 Å². The normalized spacial score (nSPS) is 22.8. The summed E-state index contributed by atoms with van der Waals surface area (Å²) in [6.07, 6.45) is -6.62. The number of halogens is 6. The van der Waals surface area contributed by atoms with Gasteiger partial charge in [-0.05, 0) is 25.2 Å². The van der Waals surface area contributed by atoms with Crippen molar-refractivity contribution in [2.45, 2.75) is 81.9 Å². The van der Waals surface area contributed by atoms with Crippen LogP contribution in [0.25, 0.3) is 0 Å². The average molecular weight is 404 g/mol. The van der Waals surface area contributed by atoms with Gasteiger partial charge in [0.25, 0.3) is 5.66 Å². The van der Waals surface area contributed by atoms with Crippen LogP contribution in [0.15, 0.2) is 0 Å². The molecule has 2 aliphatic rings. The number of carbonyl (C=O) groups excluding carboxylic acids is 1. The molecule has 4 nitrogen and oxygen atoms in total. The summed E-state index contributed by atoms with van der Waals surface area (Å²) in [5, 5.41) is 2.74. The minimum Gasteiger partial charge on any atom is -0.377 e. The van der Waals surface area contributed by atoms with E-state index in [-0.39, 0.29) is 12.3 Å². The maximum Gasteiger partial charge on any atom is 0.434 e. The number of hydrogen-bond acceptors (Lipinski definition) is 3. The number of nitrogens with one attached hydrogen (secondary N) is 2.